The quantitative estimate of drug-likeness (QED) is 0.579. The van der Waals surface area contributed by atoms with Crippen LogP contribution in [0.3, 0.4) is 0 Å². The SMILES string of the molecule is C=CCOC(=O)NC(C)(C)CCC(O)C(=O)O. The average Bonchev–Trinajstić information content (AvgIpc) is 2.22. The maximum Gasteiger partial charge on any atom is 0.407 e. The minimum atomic E-state index is -1.42. The van der Waals surface area contributed by atoms with E-state index in [4.69, 9.17) is 14.9 Å². The summed E-state index contributed by atoms with van der Waals surface area (Å²) in [6, 6.07) is 0. The zero-order valence-corrected chi connectivity index (χ0v) is 10.1. The molecule has 3 N–H and O–H groups in total. The molecule has 98 valence electrons. The number of nitrogens with one attached hydrogen (secondary N) is 1. The van der Waals surface area contributed by atoms with Gasteiger partial charge in [0.2, 0.25) is 0 Å². The molecule has 6 heteroatoms. The molecule has 0 aromatic carbocycles. The van der Waals surface area contributed by atoms with Gasteiger partial charge in [0.15, 0.2) is 6.10 Å². The van der Waals surface area contributed by atoms with Crippen molar-refractivity contribution in [2.24, 2.45) is 0 Å². The van der Waals surface area contributed by atoms with Crippen molar-refractivity contribution in [2.45, 2.75) is 38.3 Å². The smallest absolute Gasteiger partial charge is 0.407 e. The van der Waals surface area contributed by atoms with Gasteiger partial charge in [-0.2, -0.15) is 0 Å². The molecule has 0 radical (unpaired) electrons. The van der Waals surface area contributed by atoms with Crippen LogP contribution in [0.15, 0.2) is 12.7 Å². The van der Waals surface area contributed by atoms with Gasteiger partial charge in [0.1, 0.15) is 6.61 Å². The Bertz CT molecular complexity index is 288. The van der Waals surface area contributed by atoms with Crippen molar-refractivity contribution in [1.82, 2.24) is 5.32 Å². The number of ether oxygens (including phenoxy) is 1. The number of alkyl carbamates (subject to hydrolysis) is 1. The molecule has 0 heterocycles. The molecule has 17 heavy (non-hydrogen) atoms. The lowest BCUT2D eigenvalue weighted by Gasteiger charge is -2.26. The third kappa shape index (κ3) is 7.35. The molecule has 1 atom stereocenters. The summed E-state index contributed by atoms with van der Waals surface area (Å²) in [5.41, 5.74) is -0.644. The van der Waals surface area contributed by atoms with Gasteiger partial charge in [-0.1, -0.05) is 12.7 Å². The van der Waals surface area contributed by atoms with Crippen molar-refractivity contribution < 1.29 is 24.5 Å². The second-order valence-corrected chi connectivity index (χ2v) is 4.29. The van der Waals surface area contributed by atoms with Crippen LogP contribution in [-0.2, 0) is 9.53 Å². The van der Waals surface area contributed by atoms with Gasteiger partial charge in [-0.25, -0.2) is 9.59 Å². The second-order valence-electron chi connectivity index (χ2n) is 4.29. The van der Waals surface area contributed by atoms with Crippen LogP contribution in [0.1, 0.15) is 26.7 Å². The molecule has 0 saturated heterocycles. The highest BCUT2D eigenvalue weighted by atomic mass is 16.5. The number of rotatable bonds is 7. The summed E-state index contributed by atoms with van der Waals surface area (Å²) in [7, 11) is 0. The van der Waals surface area contributed by atoms with Crippen LogP contribution in [0, 0.1) is 0 Å². The monoisotopic (exact) mass is 245 g/mol. The summed E-state index contributed by atoms with van der Waals surface area (Å²) >= 11 is 0. The first-order valence-corrected chi connectivity index (χ1v) is 5.25. The van der Waals surface area contributed by atoms with Crippen molar-refractivity contribution >= 4 is 12.1 Å². The molecule has 0 aromatic heterocycles. The van der Waals surface area contributed by atoms with Gasteiger partial charge in [0.05, 0.1) is 0 Å². The molecule has 0 rings (SSSR count). The fourth-order valence-corrected chi connectivity index (χ4v) is 1.13. The number of aliphatic hydroxyl groups excluding tert-OH is 1. The van der Waals surface area contributed by atoms with Gasteiger partial charge >= 0.3 is 12.1 Å². The zero-order valence-electron chi connectivity index (χ0n) is 10.1. The van der Waals surface area contributed by atoms with Gasteiger partial charge in [-0.05, 0) is 26.7 Å². The Morgan fingerprint density at radius 3 is 2.59 bits per heavy atom. The van der Waals surface area contributed by atoms with E-state index in [0.717, 1.165) is 0 Å². The van der Waals surface area contributed by atoms with Crippen LogP contribution in [0.4, 0.5) is 4.79 Å². The predicted molar refractivity (Wildman–Crippen MR) is 61.6 cm³/mol. The van der Waals surface area contributed by atoms with E-state index < -0.39 is 23.7 Å². The minimum Gasteiger partial charge on any atom is -0.479 e. The van der Waals surface area contributed by atoms with E-state index in [2.05, 4.69) is 11.9 Å². The number of amides is 1. The molecule has 0 aliphatic rings. The molecule has 0 aliphatic heterocycles. The Labute approximate surface area is 100 Å². The van der Waals surface area contributed by atoms with Crippen LogP contribution >= 0.6 is 0 Å². The summed E-state index contributed by atoms with van der Waals surface area (Å²) in [5, 5.41) is 20.2. The fraction of sp³-hybridized carbons (Fsp3) is 0.636. The molecule has 0 fully saturated rings. The molecule has 0 aromatic rings. The number of hydrogen-bond donors (Lipinski definition) is 3. The van der Waals surface area contributed by atoms with E-state index in [-0.39, 0.29) is 13.0 Å². The van der Waals surface area contributed by atoms with E-state index in [1.54, 1.807) is 13.8 Å². The normalized spacial score (nSPS) is 12.6. The molecular weight excluding hydrogens is 226 g/mol. The van der Waals surface area contributed by atoms with Gasteiger partial charge < -0.3 is 20.3 Å². The molecular formula is C11H19NO5. The van der Waals surface area contributed by atoms with Gasteiger partial charge in [0.25, 0.3) is 0 Å². The van der Waals surface area contributed by atoms with Crippen molar-refractivity contribution in [3.05, 3.63) is 12.7 Å². The van der Waals surface area contributed by atoms with E-state index >= 15 is 0 Å². The lowest BCUT2D eigenvalue weighted by Crippen LogP contribution is -2.44. The minimum absolute atomic E-state index is 0.0596. The Morgan fingerprint density at radius 2 is 2.12 bits per heavy atom. The number of hydrogen-bond acceptors (Lipinski definition) is 4. The van der Waals surface area contributed by atoms with Crippen LogP contribution in [-0.4, -0.2) is 40.5 Å². The predicted octanol–water partition coefficient (Wildman–Crippen LogP) is 0.903. The summed E-state index contributed by atoms with van der Waals surface area (Å²) in [6.07, 6.45) is -0.186. The molecule has 0 saturated carbocycles. The van der Waals surface area contributed by atoms with Crippen molar-refractivity contribution in [2.75, 3.05) is 6.61 Å². The van der Waals surface area contributed by atoms with Crippen LogP contribution in [0.2, 0.25) is 0 Å². The van der Waals surface area contributed by atoms with Gasteiger partial charge in [0, 0.05) is 5.54 Å². The first kappa shape index (κ1) is 15.4. The zero-order chi connectivity index (χ0) is 13.5. The van der Waals surface area contributed by atoms with Crippen molar-refractivity contribution in [3.63, 3.8) is 0 Å². The van der Waals surface area contributed by atoms with Crippen molar-refractivity contribution in [3.8, 4) is 0 Å². The van der Waals surface area contributed by atoms with Crippen LogP contribution in [0.25, 0.3) is 0 Å². The first-order valence-electron chi connectivity index (χ1n) is 5.25. The lowest BCUT2D eigenvalue weighted by atomic mass is 9.96. The molecule has 0 aliphatic carbocycles. The van der Waals surface area contributed by atoms with E-state index in [9.17, 15) is 9.59 Å². The largest absolute Gasteiger partial charge is 0.479 e. The van der Waals surface area contributed by atoms with Crippen LogP contribution in [0.5, 0.6) is 0 Å². The first-order chi connectivity index (χ1) is 7.78. The van der Waals surface area contributed by atoms with E-state index in [1.807, 2.05) is 0 Å². The maximum atomic E-state index is 11.2. The third-order valence-corrected chi connectivity index (χ3v) is 2.10. The number of aliphatic hydroxyl groups is 1. The highest BCUT2D eigenvalue weighted by Gasteiger charge is 2.24. The van der Waals surface area contributed by atoms with Crippen molar-refractivity contribution in [1.29, 1.82) is 0 Å². The Hall–Kier alpha value is -1.56. The summed E-state index contributed by atoms with van der Waals surface area (Å²) in [5.74, 6) is -1.27. The third-order valence-electron chi connectivity index (χ3n) is 2.10. The standard InChI is InChI=1S/C11H19NO5/c1-4-7-17-10(16)12-11(2,3)6-5-8(13)9(14)15/h4,8,13H,1,5-7H2,2-3H3,(H,12,16)(H,14,15). The molecule has 0 spiro atoms. The molecule has 1 amide bonds. The Balaban J connectivity index is 4.06. The average molecular weight is 245 g/mol. The summed E-state index contributed by atoms with van der Waals surface area (Å²) in [4.78, 5) is 21.6. The Morgan fingerprint density at radius 1 is 1.53 bits per heavy atom. The number of carbonyl (C=O) groups excluding carboxylic acids is 1. The maximum absolute atomic E-state index is 11.2. The highest BCUT2D eigenvalue weighted by molar-refractivity contribution is 5.72. The number of aliphatic carboxylic acids is 1. The Kier molecular flexibility index (Phi) is 6.27. The number of carbonyl (C=O) groups is 2. The molecule has 6 nitrogen and oxygen atoms in total. The van der Waals surface area contributed by atoms with Gasteiger partial charge in [-0.3, -0.25) is 0 Å². The van der Waals surface area contributed by atoms with Gasteiger partial charge in [-0.15, -0.1) is 0 Å². The molecule has 1 unspecified atom stereocenters. The number of carboxylic acid groups (broad SMARTS) is 1. The summed E-state index contributed by atoms with van der Waals surface area (Å²) in [6.45, 7) is 6.95. The van der Waals surface area contributed by atoms with E-state index in [1.165, 1.54) is 6.08 Å². The molecule has 0 bridgehead atoms. The topological polar surface area (TPSA) is 95.9 Å². The summed E-state index contributed by atoms with van der Waals surface area (Å²) < 4.78 is 4.73. The number of carboxylic acids is 1. The fourth-order valence-electron chi connectivity index (χ4n) is 1.13. The van der Waals surface area contributed by atoms with Crippen LogP contribution < -0.4 is 5.32 Å². The van der Waals surface area contributed by atoms with E-state index in [0.29, 0.717) is 6.42 Å². The lowest BCUT2D eigenvalue weighted by molar-refractivity contribution is -0.147. The highest BCUT2D eigenvalue weighted by Crippen LogP contribution is 2.13. The second kappa shape index (κ2) is 6.90.